The fourth-order valence-corrected chi connectivity index (χ4v) is 7.57. The number of rotatable bonds is 0. The molecule has 0 spiro atoms. The van der Waals surface area contributed by atoms with E-state index in [1.54, 1.807) is 0 Å². The van der Waals surface area contributed by atoms with Gasteiger partial charge in [-0.05, 0) is 51.4 Å². The number of ether oxygens (including phenoxy) is 4. The molecule has 12 nitrogen and oxygen atoms in total. The van der Waals surface area contributed by atoms with E-state index in [9.17, 15) is 19.2 Å². The van der Waals surface area contributed by atoms with E-state index in [2.05, 4.69) is 21.3 Å². The minimum absolute atomic E-state index is 0.0935. The smallest absolute Gasteiger partial charge is 0.246 e. The summed E-state index contributed by atoms with van der Waals surface area (Å²) in [7, 11) is 0. The molecule has 0 unspecified atom stereocenters. The highest BCUT2D eigenvalue weighted by molar-refractivity contribution is 5.79. The molecule has 5 fully saturated rings. The van der Waals surface area contributed by atoms with Crippen LogP contribution in [-0.4, -0.2) is 98.6 Å². The lowest BCUT2D eigenvalue weighted by Gasteiger charge is -2.35. The number of hydrogen-bond acceptors (Lipinski definition) is 8. The zero-order valence-corrected chi connectivity index (χ0v) is 26.0. The third-order valence-corrected chi connectivity index (χ3v) is 9.91. The topological polar surface area (TPSA) is 153 Å². The highest BCUT2D eigenvalue weighted by Crippen LogP contribution is 2.25. The molecule has 1 heterocycles. The lowest BCUT2D eigenvalue weighted by molar-refractivity contribution is -0.136. The summed E-state index contributed by atoms with van der Waals surface area (Å²) in [6.45, 7) is -0.374. The van der Waals surface area contributed by atoms with Crippen molar-refractivity contribution in [2.75, 3.05) is 26.4 Å². The minimum Gasteiger partial charge on any atom is -0.366 e. The molecule has 0 aromatic rings. The molecule has 5 aliphatic rings. The maximum atomic E-state index is 12.9. The first-order valence-electron chi connectivity index (χ1n) is 17.1. The number of carbonyl (C=O) groups excluding carboxylic acids is 4. The molecule has 5 rings (SSSR count). The van der Waals surface area contributed by atoms with Gasteiger partial charge in [-0.15, -0.1) is 0 Å². The molecule has 1 aliphatic heterocycles. The lowest BCUT2D eigenvalue weighted by Crippen LogP contribution is -2.52. The van der Waals surface area contributed by atoms with Crippen LogP contribution in [0, 0.1) is 0 Å². The summed E-state index contributed by atoms with van der Waals surface area (Å²) < 4.78 is 24.2. The summed E-state index contributed by atoms with van der Waals surface area (Å²) >= 11 is 0. The lowest BCUT2D eigenvalue weighted by atomic mass is 9.91. The van der Waals surface area contributed by atoms with Crippen molar-refractivity contribution in [3.05, 3.63) is 0 Å². The van der Waals surface area contributed by atoms with Crippen LogP contribution in [0.15, 0.2) is 0 Å². The Hall–Kier alpha value is -2.28. The van der Waals surface area contributed by atoms with Gasteiger partial charge in [0.15, 0.2) is 0 Å². The van der Waals surface area contributed by atoms with Crippen molar-refractivity contribution < 1.29 is 38.1 Å². The van der Waals surface area contributed by atoms with E-state index in [0.717, 1.165) is 103 Å². The van der Waals surface area contributed by atoms with Crippen LogP contribution >= 0.6 is 0 Å². The third kappa shape index (κ3) is 9.86. The Morgan fingerprint density at radius 2 is 0.545 bits per heavy atom. The molecule has 0 bridgehead atoms. The largest absolute Gasteiger partial charge is 0.366 e. The summed E-state index contributed by atoms with van der Waals surface area (Å²) in [4.78, 5) is 51.8. The van der Waals surface area contributed by atoms with Gasteiger partial charge >= 0.3 is 0 Å². The quantitative estimate of drug-likeness (QED) is 0.320. The Bertz CT molecular complexity index is 830. The van der Waals surface area contributed by atoms with E-state index < -0.39 is 0 Å². The van der Waals surface area contributed by atoms with Crippen LogP contribution < -0.4 is 21.3 Å². The predicted octanol–water partition coefficient (Wildman–Crippen LogP) is 1.78. The molecule has 8 atom stereocenters. The molecular formula is C32H52N4O8. The molecule has 0 aromatic heterocycles. The molecule has 4 amide bonds. The van der Waals surface area contributed by atoms with Crippen molar-refractivity contribution in [2.45, 2.75) is 151 Å². The van der Waals surface area contributed by atoms with Crippen molar-refractivity contribution >= 4 is 23.6 Å². The van der Waals surface area contributed by atoms with E-state index in [4.69, 9.17) is 18.9 Å². The van der Waals surface area contributed by atoms with E-state index in [1.165, 1.54) is 0 Å². The van der Waals surface area contributed by atoms with Crippen LogP contribution in [0.5, 0.6) is 0 Å². The Balaban J connectivity index is 1.25. The third-order valence-electron chi connectivity index (χ3n) is 9.91. The van der Waals surface area contributed by atoms with Crippen LogP contribution in [0.3, 0.4) is 0 Å². The van der Waals surface area contributed by atoms with Gasteiger partial charge in [0.1, 0.15) is 26.4 Å². The van der Waals surface area contributed by atoms with Crippen molar-refractivity contribution in [1.29, 1.82) is 0 Å². The van der Waals surface area contributed by atoms with Crippen LogP contribution in [0.25, 0.3) is 0 Å². The van der Waals surface area contributed by atoms with E-state index in [-0.39, 0.29) is 98.6 Å². The number of nitrogens with one attached hydrogen (secondary N) is 4. The zero-order chi connectivity index (χ0) is 30.7. The van der Waals surface area contributed by atoms with Gasteiger partial charge in [-0.2, -0.15) is 0 Å². The van der Waals surface area contributed by atoms with Crippen molar-refractivity contribution in [1.82, 2.24) is 21.3 Å². The Morgan fingerprint density at radius 3 is 0.773 bits per heavy atom. The van der Waals surface area contributed by atoms with Gasteiger partial charge in [0.05, 0.1) is 48.6 Å². The summed E-state index contributed by atoms with van der Waals surface area (Å²) in [6, 6.07) is -0.759. The fourth-order valence-electron chi connectivity index (χ4n) is 7.57. The van der Waals surface area contributed by atoms with Crippen LogP contribution in [0.4, 0.5) is 0 Å². The van der Waals surface area contributed by atoms with E-state index in [1.807, 2.05) is 0 Å². The van der Waals surface area contributed by atoms with Gasteiger partial charge in [-0.3, -0.25) is 19.2 Å². The molecule has 4 aliphatic carbocycles. The number of carbonyl (C=O) groups is 4. The van der Waals surface area contributed by atoms with Gasteiger partial charge < -0.3 is 40.2 Å². The normalized spacial score (nSPS) is 37.6. The van der Waals surface area contributed by atoms with E-state index >= 15 is 0 Å². The van der Waals surface area contributed by atoms with Crippen molar-refractivity contribution in [3.8, 4) is 0 Å². The van der Waals surface area contributed by atoms with E-state index in [0.29, 0.717) is 0 Å². The second kappa shape index (κ2) is 16.9. The first-order chi connectivity index (χ1) is 21.4. The number of fused-ring (bicyclic) bond motifs is 4. The Morgan fingerprint density at radius 1 is 0.341 bits per heavy atom. The zero-order valence-electron chi connectivity index (χ0n) is 26.0. The average Bonchev–Trinajstić information content (AvgIpc) is 3.03. The fraction of sp³-hybridized carbons (Fsp3) is 0.875. The molecule has 248 valence electrons. The van der Waals surface area contributed by atoms with Gasteiger partial charge in [0.25, 0.3) is 0 Å². The first kappa shape index (κ1) is 33.1. The molecule has 0 radical (unpaired) electrons. The maximum absolute atomic E-state index is 12.9. The summed E-state index contributed by atoms with van der Waals surface area (Å²) in [5.74, 6) is -0.848. The Labute approximate surface area is 260 Å². The van der Waals surface area contributed by atoms with Crippen LogP contribution in [-0.2, 0) is 38.1 Å². The Kier molecular flexibility index (Phi) is 12.7. The van der Waals surface area contributed by atoms with Crippen LogP contribution in [0.2, 0.25) is 0 Å². The number of amides is 4. The molecule has 44 heavy (non-hydrogen) atoms. The second-order valence-corrected chi connectivity index (χ2v) is 13.2. The predicted molar refractivity (Wildman–Crippen MR) is 161 cm³/mol. The van der Waals surface area contributed by atoms with Gasteiger partial charge in [0.2, 0.25) is 23.6 Å². The molecule has 12 heteroatoms. The summed E-state index contributed by atoms with van der Waals surface area (Å²) in [5.41, 5.74) is 0. The molecule has 4 saturated carbocycles. The summed E-state index contributed by atoms with van der Waals surface area (Å²) in [6.07, 6.45) is 13.0. The van der Waals surface area contributed by atoms with Gasteiger partial charge in [0, 0.05) is 0 Å². The monoisotopic (exact) mass is 620 g/mol. The molecule has 0 aromatic carbocycles. The molecule has 4 N–H and O–H groups in total. The first-order valence-corrected chi connectivity index (χ1v) is 17.1. The minimum atomic E-state index is -0.253. The highest BCUT2D eigenvalue weighted by atomic mass is 16.5. The van der Waals surface area contributed by atoms with Gasteiger partial charge in [-0.25, -0.2) is 0 Å². The average molecular weight is 621 g/mol. The van der Waals surface area contributed by atoms with Crippen molar-refractivity contribution in [3.63, 3.8) is 0 Å². The highest BCUT2D eigenvalue weighted by Gasteiger charge is 2.33. The van der Waals surface area contributed by atoms with Crippen LogP contribution in [0.1, 0.15) is 103 Å². The maximum Gasteiger partial charge on any atom is 0.246 e. The van der Waals surface area contributed by atoms with Crippen molar-refractivity contribution in [2.24, 2.45) is 0 Å². The standard InChI is InChI=1S/C32H52N4O8/c37-29-17-42-26-14-6-2-10-22(26)35-31(39)19-44-28-16-8-4-12-24(28)36-32(40)20-43-27-15-7-3-11-23(27)34-30(38)18-41-25-13-5-1-9-21(25)33-29/h21-28H,1-20H2,(H,33,37)(H,34,38)(H,35,39)(H,36,40)/t21-,22-,23-,24-,25-,26-,27-,28-/m0/s1. The number of hydrogen-bond donors (Lipinski definition) is 4. The SMILES string of the molecule is O=C1CO[C@H]2CCCC[C@@H]2NC(=O)CO[C@H]2CCCC[C@@H]2NC(=O)CO[C@H]2CCCC[C@@H]2NC(=O)CO[C@H]2CCCC[C@@H]2N1. The van der Waals surface area contributed by atoms with Gasteiger partial charge in [-0.1, -0.05) is 51.4 Å². The molecular weight excluding hydrogens is 568 g/mol. The summed E-state index contributed by atoms with van der Waals surface area (Å²) in [5, 5.41) is 12.3. The molecule has 1 saturated heterocycles. The second-order valence-electron chi connectivity index (χ2n) is 13.2.